The lowest BCUT2D eigenvalue weighted by molar-refractivity contribution is -0.148. The van der Waals surface area contributed by atoms with Crippen LogP contribution in [-0.4, -0.2) is 23.8 Å². The molecule has 0 aliphatic carbocycles. The summed E-state index contributed by atoms with van der Waals surface area (Å²) < 4.78 is 4.92. The summed E-state index contributed by atoms with van der Waals surface area (Å²) in [5, 5.41) is 9.73. The van der Waals surface area contributed by atoms with Crippen LogP contribution in [0.2, 0.25) is 0 Å². The summed E-state index contributed by atoms with van der Waals surface area (Å²) in [5.41, 5.74) is 4.05. The molecule has 0 heterocycles. The van der Waals surface area contributed by atoms with Crippen LogP contribution < -0.4 is 0 Å². The SMILES string of the molecule is C=CC(O)C(C=C=C(C)C(C)(C)C)C(=O)OCC. The predicted molar refractivity (Wildman–Crippen MR) is 73.1 cm³/mol. The molecule has 0 radical (unpaired) electrons. The number of carbonyl (C=O) groups is 1. The van der Waals surface area contributed by atoms with E-state index in [9.17, 15) is 9.90 Å². The van der Waals surface area contributed by atoms with Crippen LogP contribution in [0.1, 0.15) is 34.6 Å². The van der Waals surface area contributed by atoms with Gasteiger partial charge >= 0.3 is 5.97 Å². The van der Waals surface area contributed by atoms with Gasteiger partial charge in [0.2, 0.25) is 0 Å². The number of carbonyl (C=O) groups excluding carboxylic acids is 1. The van der Waals surface area contributed by atoms with Crippen LogP contribution in [-0.2, 0) is 9.53 Å². The molecule has 0 amide bonds. The Morgan fingerprint density at radius 1 is 1.50 bits per heavy atom. The highest BCUT2D eigenvalue weighted by Gasteiger charge is 2.23. The van der Waals surface area contributed by atoms with E-state index in [1.165, 1.54) is 6.08 Å². The number of rotatable bonds is 5. The smallest absolute Gasteiger partial charge is 0.316 e. The first-order chi connectivity index (χ1) is 8.23. The average Bonchev–Trinajstić information content (AvgIpc) is 2.27. The third kappa shape index (κ3) is 5.35. The monoisotopic (exact) mass is 252 g/mol. The Balaban J connectivity index is 5.19. The van der Waals surface area contributed by atoms with Gasteiger partial charge < -0.3 is 9.84 Å². The van der Waals surface area contributed by atoms with Gasteiger partial charge in [0.05, 0.1) is 12.7 Å². The van der Waals surface area contributed by atoms with Crippen molar-refractivity contribution in [1.29, 1.82) is 0 Å². The molecule has 0 fully saturated rings. The van der Waals surface area contributed by atoms with Gasteiger partial charge in [-0.1, -0.05) is 26.8 Å². The van der Waals surface area contributed by atoms with E-state index in [2.05, 4.69) is 33.1 Å². The summed E-state index contributed by atoms with van der Waals surface area (Å²) in [6.07, 6.45) is 1.93. The van der Waals surface area contributed by atoms with Gasteiger partial charge in [-0.3, -0.25) is 4.79 Å². The Morgan fingerprint density at radius 2 is 2.06 bits per heavy atom. The lowest BCUT2D eigenvalue weighted by Gasteiger charge is -2.18. The second-order valence-corrected chi connectivity index (χ2v) is 5.19. The maximum absolute atomic E-state index is 11.7. The molecule has 2 atom stereocenters. The fraction of sp³-hybridized carbons (Fsp3) is 0.600. The molecule has 102 valence electrons. The van der Waals surface area contributed by atoms with Crippen LogP contribution in [0.15, 0.2) is 30.0 Å². The second-order valence-electron chi connectivity index (χ2n) is 5.19. The van der Waals surface area contributed by atoms with Crippen molar-refractivity contribution in [3.05, 3.63) is 30.0 Å². The summed E-state index contributed by atoms with van der Waals surface area (Å²) in [6, 6.07) is 0. The van der Waals surface area contributed by atoms with E-state index in [-0.39, 0.29) is 12.0 Å². The molecule has 0 bridgehead atoms. The summed E-state index contributed by atoms with van der Waals surface area (Å²) in [7, 11) is 0. The van der Waals surface area contributed by atoms with Gasteiger partial charge in [-0.2, -0.15) is 0 Å². The molecule has 3 nitrogen and oxygen atoms in total. The number of ether oxygens (including phenoxy) is 1. The fourth-order valence-corrected chi connectivity index (χ4v) is 1.12. The highest BCUT2D eigenvalue weighted by Crippen LogP contribution is 2.23. The van der Waals surface area contributed by atoms with E-state index in [4.69, 9.17) is 4.74 Å². The van der Waals surface area contributed by atoms with Crippen molar-refractivity contribution in [2.24, 2.45) is 11.3 Å². The van der Waals surface area contributed by atoms with Crippen LogP contribution >= 0.6 is 0 Å². The second kappa shape index (κ2) is 7.20. The zero-order chi connectivity index (χ0) is 14.3. The van der Waals surface area contributed by atoms with Gasteiger partial charge in [-0.15, -0.1) is 12.3 Å². The number of hydrogen-bond donors (Lipinski definition) is 1. The van der Waals surface area contributed by atoms with Crippen molar-refractivity contribution >= 4 is 5.97 Å². The number of aliphatic hydroxyl groups is 1. The quantitative estimate of drug-likeness (QED) is 0.465. The molecule has 0 spiro atoms. The zero-order valence-corrected chi connectivity index (χ0v) is 12.0. The van der Waals surface area contributed by atoms with Crippen LogP contribution in [0.25, 0.3) is 0 Å². The van der Waals surface area contributed by atoms with Crippen molar-refractivity contribution < 1.29 is 14.6 Å². The molecule has 1 N–H and O–H groups in total. The summed E-state index contributed by atoms with van der Waals surface area (Å²) in [6.45, 7) is 13.6. The van der Waals surface area contributed by atoms with E-state index in [0.717, 1.165) is 5.57 Å². The molecule has 0 aliphatic rings. The first-order valence-corrected chi connectivity index (χ1v) is 6.15. The molecule has 0 rings (SSSR count). The lowest BCUT2D eigenvalue weighted by Crippen LogP contribution is -2.26. The van der Waals surface area contributed by atoms with Gasteiger partial charge in [0.1, 0.15) is 5.92 Å². The van der Waals surface area contributed by atoms with E-state index in [1.54, 1.807) is 13.0 Å². The zero-order valence-electron chi connectivity index (χ0n) is 12.0. The van der Waals surface area contributed by atoms with Crippen LogP contribution in [0, 0.1) is 11.3 Å². The van der Waals surface area contributed by atoms with Gasteiger partial charge in [0.25, 0.3) is 0 Å². The Hall–Kier alpha value is -1.31. The highest BCUT2D eigenvalue weighted by atomic mass is 16.5. The van der Waals surface area contributed by atoms with Crippen molar-refractivity contribution in [2.75, 3.05) is 6.61 Å². The summed E-state index contributed by atoms with van der Waals surface area (Å²) in [4.78, 5) is 11.7. The standard InChI is InChI=1S/C15H24O3/c1-7-13(16)12(14(17)18-8-2)10-9-11(3)15(4,5)6/h7,10,12-13,16H,1,8H2,2-6H3. The van der Waals surface area contributed by atoms with Crippen molar-refractivity contribution in [3.63, 3.8) is 0 Å². The molecule has 3 heteroatoms. The topological polar surface area (TPSA) is 46.5 Å². The Bertz CT molecular complexity index is 354. The van der Waals surface area contributed by atoms with Crippen LogP contribution in [0.5, 0.6) is 0 Å². The Kier molecular flexibility index (Phi) is 6.67. The number of esters is 1. The molecule has 0 saturated heterocycles. The molecular formula is C15H24O3. The molecular weight excluding hydrogens is 228 g/mol. The van der Waals surface area contributed by atoms with Gasteiger partial charge in [0, 0.05) is 0 Å². The Morgan fingerprint density at radius 3 is 2.44 bits per heavy atom. The van der Waals surface area contributed by atoms with Gasteiger partial charge in [-0.25, -0.2) is 0 Å². The minimum atomic E-state index is -0.954. The predicted octanol–water partition coefficient (Wildman–Crippen LogP) is 2.86. The molecule has 0 aliphatic heterocycles. The molecule has 0 aromatic heterocycles. The minimum absolute atomic E-state index is 0.0190. The third-order valence-corrected chi connectivity index (χ3v) is 2.77. The van der Waals surface area contributed by atoms with E-state index >= 15 is 0 Å². The van der Waals surface area contributed by atoms with E-state index in [0.29, 0.717) is 0 Å². The van der Waals surface area contributed by atoms with Crippen molar-refractivity contribution in [1.82, 2.24) is 0 Å². The fourth-order valence-electron chi connectivity index (χ4n) is 1.12. The molecule has 2 unspecified atom stereocenters. The Labute approximate surface area is 110 Å². The molecule has 18 heavy (non-hydrogen) atoms. The largest absolute Gasteiger partial charge is 0.465 e. The molecule has 0 aromatic carbocycles. The lowest BCUT2D eigenvalue weighted by atomic mass is 9.88. The molecule has 0 saturated carbocycles. The van der Waals surface area contributed by atoms with Crippen molar-refractivity contribution in [3.8, 4) is 0 Å². The number of aliphatic hydroxyl groups excluding tert-OH is 1. The normalized spacial score (nSPS) is 14.1. The summed E-state index contributed by atoms with van der Waals surface area (Å²) >= 11 is 0. The van der Waals surface area contributed by atoms with Gasteiger partial charge in [0.15, 0.2) is 0 Å². The van der Waals surface area contributed by atoms with Crippen LogP contribution in [0.4, 0.5) is 0 Å². The highest BCUT2D eigenvalue weighted by molar-refractivity contribution is 5.75. The summed E-state index contributed by atoms with van der Waals surface area (Å²) in [5.74, 6) is -1.21. The maximum Gasteiger partial charge on any atom is 0.316 e. The minimum Gasteiger partial charge on any atom is -0.465 e. The van der Waals surface area contributed by atoms with Gasteiger partial charge in [-0.05, 0) is 30.9 Å². The molecule has 0 aromatic rings. The number of hydrogen-bond acceptors (Lipinski definition) is 3. The van der Waals surface area contributed by atoms with Crippen LogP contribution in [0.3, 0.4) is 0 Å². The maximum atomic E-state index is 11.7. The first-order valence-electron chi connectivity index (χ1n) is 6.15. The average molecular weight is 252 g/mol. The third-order valence-electron chi connectivity index (χ3n) is 2.77. The van der Waals surface area contributed by atoms with Crippen molar-refractivity contribution in [2.45, 2.75) is 40.7 Å². The van der Waals surface area contributed by atoms with E-state index < -0.39 is 18.0 Å². The first kappa shape index (κ1) is 16.7. The van der Waals surface area contributed by atoms with E-state index in [1.807, 2.05) is 6.92 Å².